The molecule has 0 saturated carbocycles. The van der Waals surface area contributed by atoms with Crippen LogP contribution in [0.2, 0.25) is 18.1 Å². The SMILES string of the molecule is COc1c(C)c(OCC[C@H](C)CO[Si](C)(C)C(C)(C)C)c(C)c2c1C(=O)OC2. The number of rotatable bonds is 8. The zero-order valence-corrected chi connectivity index (χ0v) is 19.9. The van der Waals surface area contributed by atoms with Gasteiger partial charge in [-0.15, -0.1) is 0 Å². The summed E-state index contributed by atoms with van der Waals surface area (Å²) in [5, 5.41) is 0.220. The average molecular weight is 409 g/mol. The summed E-state index contributed by atoms with van der Waals surface area (Å²) in [6, 6.07) is 0. The van der Waals surface area contributed by atoms with Crippen molar-refractivity contribution in [1.82, 2.24) is 0 Å². The van der Waals surface area contributed by atoms with E-state index < -0.39 is 8.32 Å². The maximum absolute atomic E-state index is 12.0. The number of carbonyl (C=O) groups is 1. The third-order valence-electron chi connectivity index (χ3n) is 6.15. The Labute approximate surface area is 170 Å². The van der Waals surface area contributed by atoms with E-state index in [1.807, 2.05) is 13.8 Å². The first-order valence-electron chi connectivity index (χ1n) is 10.0. The van der Waals surface area contributed by atoms with Crippen molar-refractivity contribution in [3.8, 4) is 11.5 Å². The van der Waals surface area contributed by atoms with E-state index in [-0.39, 0.29) is 17.6 Å². The number of hydrogen-bond donors (Lipinski definition) is 0. The quantitative estimate of drug-likeness (QED) is 0.425. The molecular weight excluding hydrogens is 372 g/mol. The lowest BCUT2D eigenvalue weighted by Crippen LogP contribution is -2.41. The molecule has 1 aliphatic heterocycles. The van der Waals surface area contributed by atoms with Gasteiger partial charge in [-0.1, -0.05) is 27.7 Å². The van der Waals surface area contributed by atoms with Gasteiger partial charge in [-0.3, -0.25) is 0 Å². The second kappa shape index (κ2) is 8.45. The summed E-state index contributed by atoms with van der Waals surface area (Å²) >= 11 is 0. The maximum Gasteiger partial charge on any atom is 0.342 e. The van der Waals surface area contributed by atoms with Gasteiger partial charge in [0.25, 0.3) is 0 Å². The number of cyclic esters (lactones) is 1. The van der Waals surface area contributed by atoms with Gasteiger partial charge in [0.15, 0.2) is 8.32 Å². The molecule has 0 aromatic heterocycles. The number of fused-ring (bicyclic) bond motifs is 1. The van der Waals surface area contributed by atoms with E-state index in [0.29, 0.717) is 23.8 Å². The summed E-state index contributed by atoms with van der Waals surface area (Å²) in [6.07, 6.45) is 0.905. The van der Waals surface area contributed by atoms with Crippen LogP contribution in [0, 0.1) is 19.8 Å². The minimum atomic E-state index is -1.72. The van der Waals surface area contributed by atoms with E-state index in [1.54, 1.807) is 7.11 Å². The van der Waals surface area contributed by atoms with Crippen molar-refractivity contribution >= 4 is 14.3 Å². The summed E-state index contributed by atoms with van der Waals surface area (Å²) in [7, 11) is -0.146. The Morgan fingerprint density at radius 2 is 1.79 bits per heavy atom. The minimum absolute atomic E-state index is 0.220. The maximum atomic E-state index is 12.0. The molecule has 6 heteroatoms. The van der Waals surface area contributed by atoms with Crippen LogP contribution in [0.1, 0.15) is 61.2 Å². The molecule has 2 rings (SSSR count). The van der Waals surface area contributed by atoms with Crippen LogP contribution in [-0.4, -0.2) is 34.6 Å². The Hall–Kier alpha value is -1.53. The van der Waals surface area contributed by atoms with Gasteiger partial charge >= 0.3 is 5.97 Å². The summed E-state index contributed by atoms with van der Waals surface area (Å²) in [4.78, 5) is 12.0. The normalized spacial score (nSPS) is 15.2. The van der Waals surface area contributed by atoms with Gasteiger partial charge in [0.2, 0.25) is 0 Å². The first kappa shape index (κ1) is 22.8. The summed E-state index contributed by atoms with van der Waals surface area (Å²) < 4.78 is 23.2. The van der Waals surface area contributed by atoms with Crippen LogP contribution in [0.25, 0.3) is 0 Å². The van der Waals surface area contributed by atoms with Crippen LogP contribution in [0.15, 0.2) is 0 Å². The molecule has 0 fully saturated rings. The molecule has 5 nitrogen and oxygen atoms in total. The van der Waals surface area contributed by atoms with Crippen LogP contribution in [-0.2, 0) is 15.8 Å². The van der Waals surface area contributed by atoms with Crippen LogP contribution >= 0.6 is 0 Å². The Bertz CT molecular complexity index is 734. The van der Waals surface area contributed by atoms with Gasteiger partial charge in [-0.05, 0) is 49.9 Å². The summed E-state index contributed by atoms with van der Waals surface area (Å²) in [5.74, 6) is 1.45. The van der Waals surface area contributed by atoms with Crippen LogP contribution in [0.4, 0.5) is 0 Å². The lowest BCUT2D eigenvalue weighted by Gasteiger charge is -2.37. The predicted molar refractivity (Wildman–Crippen MR) is 114 cm³/mol. The van der Waals surface area contributed by atoms with Gasteiger partial charge in [0.05, 0.1) is 13.7 Å². The number of methoxy groups -OCH3 is 1. The van der Waals surface area contributed by atoms with Crippen molar-refractivity contribution in [3.63, 3.8) is 0 Å². The highest BCUT2D eigenvalue weighted by molar-refractivity contribution is 6.74. The molecule has 0 unspecified atom stereocenters. The van der Waals surface area contributed by atoms with Gasteiger partial charge < -0.3 is 18.6 Å². The monoisotopic (exact) mass is 408 g/mol. The molecule has 28 heavy (non-hydrogen) atoms. The Morgan fingerprint density at radius 3 is 2.36 bits per heavy atom. The molecule has 1 heterocycles. The van der Waals surface area contributed by atoms with E-state index in [9.17, 15) is 4.79 Å². The van der Waals surface area contributed by atoms with Crippen molar-refractivity contribution in [3.05, 3.63) is 22.3 Å². The van der Waals surface area contributed by atoms with Crippen LogP contribution in [0.5, 0.6) is 11.5 Å². The fraction of sp³-hybridized carbons (Fsp3) is 0.682. The van der Waals surface area contributed by atoms with Gasteiger partial charge in [0, 0.05) is 17.7 Å². The van der Waals surface area contributed by atoms with E-state index in [2.05, 4.69) is 40.8 Å². The van der Waals surface area contributed by atoms with Gasteiger partial charge in [-0.25, -0.2) is 4.79 Å². The molecule has 1 aromatic carbocycles. The first-order chi connectivity index (χ1) is 12.9. The average Bonchev–Trinajstić information content (AvgIpc) is 2.97. The Morgan fingerprint density at radius 1 is 1.14 bits per heavy atom. The molecule has 0 amide bonds. The molecule has 158 valence electrons. The van der Waals surface area contributed by atoms with Crippen molar-refractivity contribution in [2.24, 2.45) is 5.92 Å². The molecule has 0 radical (unpaired) electrons. The van der Waals surface area contributed by atoms with Crippen molar-refractivity contribution in [2.75, 3.05) is 20.3 Å². The van der Waals surface area contributed by atoms with Crippen LogP contribution < -0.4 is 9.47 Å². The van der Waals surface area contributed by atoms with E-state index in [4.69, 9.17) is 18.6 Å². The fourth-order valence-electron chi connectivity index (χ4n) is 3.12. The zero-order valence-electron chi connectivity index (χ0n) is 18.9. The lowest BCUT2D eigenvalue weighted by atomic mass is 9.97. The molecule has 0 bridgehead atoms. The Kier molecular flexibility index (Phi) is 6.87. The highest BCUT2D eigenvalue weighted by Gasteiger charge is 2.37. The molecule has 0 saturated heterocycles. The minimum Gasteiger partial charge on any atom is -0.495 e. The number of ether oxygens (including phenoxy) is 3. The van der Waals surface area contributed by atoms with Gasteiger partial charge in [-0.2, -0.15) is 0 Å². The standard InChI is InChI=1S/C22H36O5Si/c1-14(12-27-28(8,9)22(4,5)6)10-11-25-19-15(2)17-13-26-21(23)18(17)20(24-7)16(19)3/h14H,10-13H2,1-9H3/t14-/m0/s1. The molecule has 0 aliphatic carbocycles. The van der Waals surface area contributed by atoms with Crippen LogP contribution in [0.3, 0.4) is 0 Å². The lowest BCUT2D eigenvalue weighted by molar-refractivity contribution is 0.0532. The van der Waals surface area contributed by atoms with Crippen molar-refractivity contribution in [2.45, 2.75) is 72.7 Å². The largest absolute Gasteiger partial charge is 0.495 e. The molecule has 1 aromatic rings. The number of esters is 1. The number of carbonyl (C=O) groups excluding carboxylic acids is 1. The first-order valence-corrected chi connectivity index (χ1v) is 13.0. The van der Waals surface area contributed by atoms with Crippen molar-refractivity contribution < 1.29 is 23.4 Å². The van der Waals surface area contributed by atoms with Crippen molar-refractivity contribution in [1.29, 1.82) is 0 Å². The van der Waals surface area contributed by atoms with E-state index in [1.165, 1.54) is 0 Å². The second-order valence-corrected chi connectivity index (χ2v) is 14.2. The number of benzene rings is 1. The molecule has 0 N–H and O–H groups in total. The number of hydrogen-bond acceptors (Lipinski definition) is 5. The summed E-state index contributed by atoms with van der Waals surface area (Å²) in [6.45, 7) is 19.1. The van der Waals surface area contributed by atoms with E-state index >= 15 is 0 Å². The highest BCUT2D eigenvalue weighted by Crippen LogP contribution is 2.42. The zero-order chi connectivity index (χ0) is 21.3. The Balaban J connectivity index is 2.01. The topological polar surface area (TPSA) is 54.0 Å². The highest BCUT2D eigenvalue weighted by atomic mass is 28.4. The molecule has 0 spiro atoms. The molecule has 1 atom stereocenters. The third kappa shape index (κ3) is 4.54. The smallest absolute Gasteiger partial charge is 0.342 e. The van der Waals surface area contributed by atoms with E-state index in [0.717, 1.165) is 35.5 Å². The predicted octanol–water partition coefficient (Wildman–Crippen LogP) is 5.41. The summed E-state index contributed by atoms with van der Waals surface area (Å²) in [5.41, 5.74) is 3.23. The third-order valence-corrected chi connectivity index (χ3v) is 10.7. The molecular formula is C22H36O5Si. The molecule has 1 aliphatic rings. The fourth-order valence-corrected chi connectivity index (χ4v) is 4.26. The second-order valence-electron chi connectivity index (χ2n) is 9.36. The van der Waals surface area contributed by atoms with Gasteiger partial charge in [0.1, 0.15) is 23.7 Å².